The molecule has 3 fully saturated rings. The van der Waals surface area contributed by atoms with Gasteiger partial charge in [0, 0.05) is 23.2 Å². The summed E-state index contributed by atoms with van der Waals surface area (Å²) in [5.74, 6) is -0.927. The van der Waals surface area contributed by atoms with Gasteiger partial charge in [-0.2, -0.15) is 0 Å². The first-order valence-corrected chi connectivity index (χ1v) is 10.2. The highest BCUT2D eigenvalue weighted by Gasteiger charge is 2.47. The first-order chi connectivity index (χ1) is 14.5. The zero-order chi connectivity index (χ0) is 20.8. The second kappa shape index (κ2) is 7.34. The van der Waals surface area contributed by atoms with E-state index in [0.29, 0.717) is 28.2 Å². The Morgan fingerprint density at radius 2 is 1.90 bits per heavy atom. The molecule has 30 heavy (non-hydrogen) atoms. The highest BCUT2D eigenvalue weighted by Crippen LogP contribution is 2.47. The van der Waals surface area contributed by atoms with E-state index in [1.54, 1.807) is 12.3 Å². The van der Waals surface area contributed by atoms with Crippen molar-refractivity contribution in [1.82, 2.24) is 15.0 Å². The molecule has 2 atom stereocenters. The van der Waals surface area contributed by atoms with Crippen molar-refractivity contribution in [3.63, 3.8) is 0 Å². The summed E-state index contributed by atoms with van der Waals surface area (Å²) in [5, 5.41) is 3.87. The third-order valence-electron chi connectivity index (χ3n) is 6.64. The van der Waals surface area contributed by atoms with Crippen molar-refractivity contribution in [1.29, 1.82) is 0 Å². The van der Waals surface area contributed by atoms with Crippen molar-refractivity contribution in [2.75, 3.05) is 12.4 Å². The Labute approximate surface area is 172 Å². The lowest BCUT2D eigenvalue weighted by atomic mass is 9.61. The van der Waals surface area contributed by atoms with Crippen LogP contribution in [0, 0.1) is 29.4 Å². The van der Waals surface area contributed by atoms with Gasteiger partial charge in [-0.1, -0.05) is 0 Å². The van der Waals surface area contributed by atoms with Gasteiger partial charge in [-0.05, 0) is 49.7 Å². The zero-order valence-electron chi connectivity index (χ0n) is 16.5. The van der Waals surface area contributed by atoms with E-state index in [0.717, 1.165) is 38.1 Å². The second-order valence-corrected chi connectivity index (χ2v) is 8.20. The van der Waals surface area contributed by atoms with Gasteiger partial charge in [-0.3, -0.25) is 9.78 Å². The van der Waals surface area contributed by atoms with E-state index in [1.165, 1.54) is 13.2 Å². The lowest BCUT2D eigenvalue weighted by Crippen LogP contribution is -2.51. The number of nitrogens with zero attached hydrogens (tertiary/aromatic N) is 2. The number of halogens is 2. The molecule has 3 aromatic heterocycles. The molecular formula is C22H22F2N4O2. The lowest BCUT2D eigenvalue weighted by Gasteiger charge is -2.47. The number of hydrogen-bond donors (Lipinski definition) is 2. The molecule has 0 radical (unpaired) electrons. The molecule has 3 aliphatic rings. The number of ether oxygens (including phenoxy) is 1. The fourth-order valence-corrected chi connectivity index (χ4v) is 5.20. The third-order valence-corrected chi connectivity index (χ3v) is 6.64. The Morgan fingerprint density at radius 1 is 1.13 bits per heavy atom. The number of carbonyl (C=O) groups is 1. The summed E-state index contributed by atoms with van der Waals surface area (Å²) in [4.78, 5) is 23.7. The summed E-state index contributed by atoms with van der Waals surface area (Å²) in [7, 11) is 1.40. The number of anilines is 1. The maximum absolute atomic E-state index is 14.7. The van der Waals surface area contributed by atoms with Crippen molar-refractivity contribution in [2.45, 2.75) is 31.7 Å². The van der Waals surface area contributed by atoms with Gasteiger partial charge in [0.1, 0.15) is 11.5 Å². The van der Waals surface area contributed by atoms with E-state index >= 15 is 0 Å². The molecule has 2 bridgehead atoms. The summed E-state index contributed by atoms with van der Waals surface area (Å²) < 4.78 is 33.4. The van der Waals surface area contributed by atoms with Gasteiger partial charge < -0.3 is 15.0 Å². The van der Waals surface area contributed by atoms with Crippen molar-refractivity contribution in [3.8, 4) is 11.3 Å². The summed E-state index contributed by atoms with van der Waals surface area (Å²) in [6.07, 6.45) is 8.00. The van der Waals surface area contributed by atoms with E-state index < -0.39 is 11.6 Å². The summed E-state index contributed by atoms with van der Waals surface area (Å²) in [5.41, 5.74) is 1.94. The third kappa shape index (κ3) is 3.11. The highest BCUT2D eigenvalue weighted by molar-refractivity contribution is 5.93. The van der Waals surface area contributed by atoms with Crippen LogP contribution in [0.1, 0.15) is 25.7 Å². The fourth-order valence-electron chi connectivity index (χ4n) is 5.20. The van der Waals surface area contributed by atoms with Crippen LogP contribution in [0.4, 0.5) is 14.5 Å². The highest BCUT2D eigenvalue weighted by atomic mass is 19.1. The fraction of sp³-hybridized carbons (Fsp3) is 0.409. The van der Waals surface area contributed by atoms with Gasteiger partial charge in [-0.15, -0.1) is 0 Å². The Balaban J connectivity index is 1.50. The van der Waals surface area contributed by atoms with Crippen LogP contribution >= 0.6 is 0 Å². The molecule has 3 heterocycles. The van der Waals surface area contributed by atoms with E-state index in [1.807, 2.05) is 0 Å². The molecular weight excluding hydrogens is 390 g/mol. The number of aromatic amines is 1. The number of fused-ring (bicyclic) bond motifs is 4. The van der Waals surface area contributed by atoms with E-state index in [-0.39, 0.29) is 29.5 Å². The largest absolute Gasteiger partial charge is 0.469 e. The smallest absolute Gasteiger partial charge is 0.311 e. The van der Waals surface area contributed by atoms with E-state index in [4.69, 9.17) is 4.74 Å². The molecule has 3 aliphatic carbocycles. The number of esters is 1. The molecule has 3 aromatic rings. The predicted molar refractivity (Wildman–Crippen MR) is 108 cm³/mol. The van der Waals surface area contributed by atoms with Gasteiger partial charge in [-0.25, -0.2) is 13.8 Å². The minimum Gasteiger partial charge on any atom is -0.469 e. The van der Waals surface area contributed by atoms with Crippen LogP contribution < -0.4 is 5.32 Å². The number of hydrogen-bond acceptors (Lipinski definition) is 5. The monoisotopic (exact) mass is 412 g/mol. The number of nitrogens with one attached hydrogen (secondary N) is 2. The van der Waals surface area contributed by atoms with Gasteiger partial charge >= 0.3 is 5.97 Å². The predicted octanol–water partition coefficient (Wildman–Crippen LogP) is 4.29. The van der Waals surface area contributed by atoms with Crippen LogP contribution in [-0.2, 0) is 9.53 Å². The van der Waals surface area contributed by atoms with Crippen LogP contribution in [-0.4, -0.2) is 34.1 Å². The van der Waals surface area contributed by atoms with E-state index in [9.17, 15) is 13.6 Å². The molecule has 8 heteroatoms. The number of rotatable bonds is 4. The minimum atomic E-state index is -0.493. The first-order valence-electron chi connectivity index (χ1n) is 10.2. The maximum Gasteiger partial charge on any atom is 0.311 e. The average molecular weight is 412 g/mol. The number of methoxy groups -OCH3 is 1. The molecule has 3 saturated carbocycles. The molecule has 0 unspecified atom stereocenters. The molecule has 6 nitrogen and oxygen atoms in total. The Bertz CT molecular complexity index is 1110. The first kappa shape index (κ1) is 19.0. The van der Waals surface area contributed by atoms with Crippen LogP contribution in [0.5, 0.6) is 0 Å². The molecule has 2 N–H and O–H groups in total. The zero-order valence-corrected chi connectivity index (χ0v) is 16.5. The molecule has 156 valence electrons. The normalized spacial score (nSPS) is 25.4. The standard InChI is InChI=1S/C22H22F2N4O2/c1-30-22(29)19-11-2-4-12(5-3-11)20(19)28-18-7-17(25-10-16(18)24)15-9-27-21-14(15)6-13(23)8-26-21/h6-12,19-20H,2-5H2,1H3,(H,25,28)(H,26,27)/t11?,12?,19-,20-/m1/s1. The van der Waals surface area contributed by atoms with Crippen LogP contribution in [0.3, 0.4) is 0 Å². The minimum absolute atomic E-state index is 0.184. The van der Waals surface area contributed by atoms with Crippen molar-refractivity contribution in [2.24, 2.45) is 17.8 Å². The van der Waals surface area contributed by atoms with Crippen molar-refractivity contribution in [3.05, 3.63) is 42.4 Å². The van der Waals surface area contributed by atoms with Crippen molar-refractivity contribution >= 4 is 22.7 Å². The quantitative estimate of drug-likeness (QED) is 0.625. The number of carbonyl (C=O) groups excluding carboxylic acids is 1. The van der Waals surface area contributed by atoms with Crippen molar-refractivity contribution < 1.29 is 18.3 Å². The number of pyridine rings is 2. The Morgan fingerprint density at radius 3 is 2.67 bits per heavy atom. The van der Waals surface area contributed by atoms with Gasteiger partial charge in [0.2, 0.25) is 0 Å². The molecule has 0 saturated heterocycles. The van der Waals surface area contributed by atoms with Gasteiger partial charge in [0.05, 0.1) is 36.8 Å². The van der Waals surface area contributed by atoms with Crippen LogP contribution in [0.25, 0.3) is 22.3 Å². The molecule has 0 amide bonds. The molecule has 0 aliphatic heterocycles. The Hall–Kier alpha value is -3.03. The number of H-pyrrole nitrogens is 1. The maximum atomic E-state index is 14.7. The summed E-state index contributed by atoms with van der Waals surface area (Å²) >= 11 is 0. The molecule has 0 aromatic carbocycles. The SMILES string of the molecule is COC(=O)[C@@H]1C2CCC(CC2)[C@H]1Nc1cc(-c2c[nH]c3ncc(F)cc23)ncc1F. The lowest BCUT2D eigenvalue weighted by molar-refractivity contribution is -0.152. The molecule has 0 spiro atoms. The molecule has 6 rings (SSSR count). The van der Waals surface area contributed by atoms with Gasteiger partial charge in [0.25, 0.3) is 0 Å². The van der Waals surface area contributed by atoms with Gasteiger partial charge in [0.15, 0.2) is 5.82 Å². The van der Waals surface area contributed by atoms with Crippen LogP contribution in [0.15, 0.2) is 30.7 Å². The average Bonchev–Trinajstić information content (AvgIpc) is 3.18. The van der Waals surface area contributed by atoms with E-state index in [2.05, 4.69) is 20.3 Å². The summed E-state index contributed by atoms with van der Waals surface area (Å²) in [6, 6.07) is 2.80. The summed E-state index contributed by atoms with van der Waals surface area (Å²) in [6.45, 7) is 0. The topological polar surface area (TPSA) is 79.9 Å². The number of aromatic nitrogens is 3. The Kier molecular flexibility index (Phi) is 4.64. The van der Waals surface area contributed by atoms with Crippen LogP contribution in [0.2, 0.25) is 0 Å². The second-order valence-electron chi connectivity index (χ2n) is 8.20.